The summed E-state index contributed by atoms with van der Waals surface area (Å²) in [5, 5.41) is 42.4. The Bertz CT molecular complexity index is 3290. The van der Waals surface area contributed by atoms with Crippen LogP contribution in [0.5, 0.6) is 5.19 Å². The number of ether oxygens (including phenoxy) is 3. The normalized spacial score (nSPS) is 28.6. The standard InChI is InChI=1S/C30H37ClN4O7S.C23H35N3O7.C7H3Cl2NS/c1-29(2,3)42-27(40)32-21-10-8-6-4-5-7-9-17-15-30(17,26(38)39)34-24(36)22-14-19(16-35(22)25(21)37)41-28-33-20-12-11-18(31)13-23(20)43-28;1-22(2,3)33-21(32)24-16-10-8-6-4-5-7-9-14-12-23(14,20(30)31)25-18(28)17-11-15(27)13-26(17)19(16)29;8-4-1-2-5-6(3-4)11-7(9)10-5/h7,9,11-13,17,19,21-22H,4-6,8,10,14-16H2,1-3H3,(H,32,40)(H,34,36)(H,38,39);7,9,14-17,27H,4-6,8,10-13H2,1-3H3,(H,24,32)(H,25,28)(H,30,31);1-3H/b2*9-7-;/t17-,19-,21+,22+,30-;14-,15-,16+,17+,23-;/m11./s1. The predicted octanol–water partition coefficient (Wildman–Crippen LogP) is 9.60. The van der Waals surface area contributed by atoms with Crippen LogP contribution in [0.4, 0.5) is 9.59 Å². The van der Waals surface area contributed by atoms with Gasteiger partial charge in [-0.25, -0.2) is 29.1 Å². The van der Waals surface area contributed by atoms with Crippen LogP contribution in [0.15, 0.2) is 60.7 Å². The molecule has 472 valence electrons. The Labute approximate surface area is 527 Å². The molecule has 0 spiro atoms. The van der Waals surface area contributed by atoms with Crippen LogP contribution in [0.2, 0.25) is 14.5 Å². The highest BCUT2D eigenvalue weighted by Gasteiger charge is 2.63. The molecular weight excluding hydrogens is 1230 g/mol. The summed E-state index contributed by atoms with van der Waals surface area (Å²) in [5.74, 6) is -4.96. The van der Waals surface area contributed by atoms with E-state index in [9.17, 15) is 53.7 Å². The number of nitrogens with zero attached hydrogens (tertiary/aromatic N) is 4. The molecule has 4 fully saturated rings. The number of aliphatic carboxylic acids is 2. The first-order valence-electron chi connectivity index (χ1n) is 29.2. The Hall–Kier alpha value is -6.31. The van der Waals surface area contributed by atoms with E-state index in [1.807, 2.05) is 36.4 Å². The van der Waals surface area contributed by atoms with Gasteiger partial charge in [-0.05, 0) is 129 Å². The summed E-state index contributed by atoms with van der Waals surface area (Å²) in [6.07, 6.45) is 12.3. The molecule has 10 rings (SSSR count). The number of rotatable bonds is 6. The zero-order valence-corrected chi connectivity index (χ0v) is 53.2. The number of carbonyl (C=O) groups is 8. The number of benzene rings is 2. The van der Waals surface area contributed by atoms with Crippen molar-refractivity contribution in [1.29, 1.82) is 0 Å². The Morgan fingerprint density at radius 2 is 1.10 bits per heavy atom. The molecule has 0 unspecified atom stereocenters. The van der Waals surface area contributed by atoms with Crippen LogP contribution in [0, 0.1) is 11.8 Å². The van der Waals surface area contributed by atoms with Crippen LogP contribution in [-0.4, -0.2) is 155 Å². The van der Waals surface area contributed by atoms with Crippen LogP contribution >= 0.6 is 57.5 Å². The van der Waals surface area contributed by atoms with Crippen molar-refractivity contribution in [1.82, 2.24) is 41.0 Å². The second-order valence-corrected chi connectivity index (χ2v) is 28.2. The van der Waals surface area contributed by atoms with Gasteiger partial charge in [0.2, 0.25) is 23.6 Å². The molecule has 0 radical (unpaired) electrons. The summed E-state index contributed by atoms with van der Waals surface area (Å²) < 4.78 is 19.3. The number of fused-ring (bicyclic) bond motifs is 6. The molecule has 2 aliphatic carbocycles. The monoisotopic (exact) mass is 1300 g/mol. The topological polar surface area (TPSA) is 305 Å². The lowest BCUT2D eigenvalue weighted by atomic mass is 10.0. The molecule has 6 aliphatic rings. The van der Waals surface area contributed by atoms with E-state index in [1.54, 1.807) is 65.8 Å². The van der Waals surface area contributed by atoms with E-state index in [1.165, 1.54) is 32.5 Å². The molecule has 4 aromatic rings. The number of amides is 6. The minimum absolute atomic E-state index is 0.00688. The van der Waals surface area contributed by atoms with Gasteiger partial charge in [-0.15, -0.1) is 11.3 Å². The molecule has 4 aliphatic heterocycles. The van der Waals surface area contributed by atoms with Gasteiger partial charge in [-0.1, -0.05) is 96.1 Å². The van der Waals surface area contributed by atoms with Gasteiger partial charge < -0.3 is 60.6 Å². The predicted molar refractivity (Wildman–Crippen MR) is 329 cm³/mol. The average molecular weight is 1300 g/mol. The number of halogens is 3. The number of alkyl carbamates (subject to hydrolysis) is 2. The van der Waals surface area contributed by atoms with Gasteiger partial charge in [0.25, 0.3) is 5.19 Å². The smallest absolute Gasteiger partial charge is 0.408 e. The summed E-state index contributed by atoms with van der Waals surface area (Å²) in [6.45, 7) is 10.4. The number of carbonyl (C=O) groups excluding carboxylic acids is 6. The molecule has 2 saturated carbocycles. The van der Waals surface area contributed by atoms with Crippen molar-refractivity contribution in [3.8, 4) is 5.19 Å². The highest BCUT2D eigenvalue weighted by Crippen LogP contribution is 2.47. The highest BCUT2D eigenvalue weighted by molar-refractivity contribution is 7.22. The second-order valence-electron chi connectivity index (χ2n) is 24.7. The molecule has 2 aromatic heterocycles. The van der Waals surface area contributed by atoms with E-state index in [-0.39, 0.29) is 50.6 Å². The quantitative estimate of drug-likeness (QED) is 0.0884. The van der Waals surface area contributed by atoms with Gasteiger partial charge >= 0.3 is 24.1 Å². The molecule has 10 atom stereocenters. The fourth-order valence-corrected chi connectivity index (χ4v) is 13.5. The molecule has 2 saturated heterocycles. The van der Waals surface area contributed by atoms with E-state index in [0.717, 1.165) is 58.5 Å². The first-order chi connectivity index (χ1) is 41.0. The van der Waals surface area contributed by atoms with Gasteiger partial charge in [0.15, 0.2) is 4.47 Å². The second kappa shape index (κ2) is 28.0. The Morgan fingerprint density at radius 1 is 0.644 bits per heavy atom. The fraction of sp³-hybridized carbons (Fsp3) is 0.567. The SMILES string of the molecule is CC(C)(C)OC(=O)N[C@H]1CCCCC/C=C\[C@@H]2C[C@@]2(C(=O)O)NC(=O)[C@@H]2C[C@@H](O)CN2C1=O.CC(C)(C)OC(=O)N[C@H]1CCCCC/C=C\[C@@H]2C[C@@]2(C(=O)O)NC(=O)[C@@H]2C[C@@H](Oc3nc4ccc(Cl)cc4s3)CN2C1=O.Clc1ccc2nc(Cl)sc2c1. The molecule has 0 bridgehead atoms. The largest absolute Gasteiger partial charge is 0.479 e. The van der Waals surface area contributed by atoms with Crippen LogP contribution in [0.25, 0.3) is 20.4 Å². The summed E-state index contributed by atoms with van der Waals surface area (Å²) >= 11 is 20.3. The van der Waals surface area contributed by atoms with Gasteiger partial charge in [-0.2, -0.15) is 0 Å². The number of carboxylic acids is 2. The lowest BCUT2D eigenvalue weighted by molar-refractivity contribution is -0.146. The fourth-order valence-electron chi connectivity index (χ4n) is 11.1. The third-order valence-electron chi connectivity index (χ3n) is 15.6. The van der Waals surface area contributed by atoms with Gasteiger partial charge in [0.1, 0.15) is 52.6 Å². The average Bonchev–Trinajstić information content (AvgIpc) is 1.62. The maximum absolute atomic E-state index is 14.1. The lowest BCUT2D eigenvalue weighted by Gasteiger charge is -2.30. The number of carboxylic acid groups (broad SMARTS) is 2. The Kier molecular flexibility index (Phi) is 21.5. The van der Waals surface area contributed by atoms with Crippen LogP contribution in [-0.2, 0) is 38.2 Å². The van der Waals surface area contributed by atoms with Gasteiger partial charge in [-0.3, -0.25) is 19.2 Å². The highest BCUT2D eigenvalue weighted by atomic mass is 35.5. The van der Waals surface area contributed by atoms with E-state index < -0.39 is 106 Å². The maximum Gasteiger partial charge on any atom is 0.408 e. The zero-order chi connectivity index (χ0) is 63.2. The number of aliphatic hydroxyl groups excluding tert-OH is 1. The summed E-state index contributed by atoms with van der Waals surface area (Å²) in [7, 11) is 0. The summed E-state index contributed by atoms with van der Waals surface area (Å²) in [6, 6.07) is 6.97. The third-order valence-corrected chi connectivity index (χ3v) is 18.1. The molecule has 22 nitrogen and oxygen atoms in total. The van der Waals surface area contributed by atoms with Crippen molar-refractivity contribution in [2.24, 2.45) is 11.8 Å². The molecule has 6 amide bonds. The first kappa shape index (κ1) is 66.6. The molecule has 27 heteroatoms. The van der Waals surface area contributed by atoms with Crippen molar-refractivity contribution < 1.29 is 67.9 Å². The maximum atomic E-state index is 14.1. The molecule has 6 heterocycles. The molecule has 7 N–H and O–H groups in total. The third kappa shape index (κ3) is 17.5. The van der Waals surface area contributed by atoms with Crippen molar-refractivity contribution in [3.05, 3.63) is 75.2 Å². The van der Waals surface area contributed by atoms with Gasteiger partial charge in [0.05, 0.1) is 33.1 Å². The zero-order valence-electron chi connectivity index (χ0n) is 49.3. The van der Waals surface area contributed by atoms with E-state index in [2.05, 4.69) is 31.2 Å². The number of hydrogen-bond donors (Lipinski definition) is 7. The Balaban J connectivity index is 0.000000196. The molecular formula is C60H75Cl3N8O14S2. The van der Waals surface area contributed by atoms with E-state index in [0.29, 0.717) is 45.9 Å². The van der Waals surface area contributed by atoms with Crippen molar-refractivity contribution in [2.75, 3.05) is 13.1 Å². The summed E-state index contributed by atoms with van der Waals surface area (Å²) in [4.78, 5) is 115. The van der Waals surface area contributed by atoms with Crippen LogP contribution in [0.1, 0.15) is 131 Å². The minimum atomic E-state index is -1.41. The van der Waals surface area contributed by atoms with E-state index in [4.69, 9.17) is 49.0 Å². The van der Waals surface area contributed by atoms with Crippen molar-refractivity contribution >= 4 is 126 Å². The Morgan fingerprint density at radius 3 is 1.59 bits per heavy atom. The number of thiazole rings is 2. The number of nitrogens with one attached hydrogen (secondary N) is 4. The van der Waals surface area contributed by atoms with Crippen molar-refractivity contribution in [2.45, 2.75) is 190 Å². The lowest BCUT2D eigenvalue weighted by Crippen LogP contribution is -2.56. The number of allylic oxidation sites excluding steroid dienone is 2. The van der Waals surface area contributed by atoms with E-state index >= 15 is 0 Å². The molecule has 2 aromatic carbocycles. The van der Waals surface area contributed by atoms with Gasteiger partial charge in [0, 0.05) is 41.3 Å². The van der Waals surface area contributed by atoms with Crippen LogP contribution < -0.4 is 26.0 Å². The molecule has 87 heavy (non-hydrogen) atoms. The first-order valence-corrected chi connectivity index (χ1v) is 32.0. The number of aromatic nitrogens is 2. The number of aliphatic hydroxyl groups is 1. The van der Waals surface area contributed by atoms with Crippen molar-refractivity contribution in [3.63, 3.8) is 0 Å². The minimum Gasteiger partial charge on any atom is -0.479 e. The van der Waals surface area contributed by atoms with Crippen LogP contribution in [0.3, 0.4) is 0 Å². The summed E-state index contributed by atoms with van der Waals surface area (Å²) in [5.41, 5.74) is -2.68. The number of hydrogen-bond acceptors (Lipinski definition) is 16.